The molecule has 0 aromatic carbocycles. The number of aromatic amines is 2. The van der Waals surface area contributed by atoms with E-state index in [0.717, 1.165) is 4.57 Å². The zero-order chi connectivity index (χ0) is 10.8. The smallest absolute Gasteiger partial charge is 0.344 e. The molecule has 0 amide bonds. The fraction of sp³-hybridized carbons (Fsp3) is 0.714. The lowest BCUT2D eigenvalue weighted by Crippen LogP contribution is -2.40. The van der Waals surface area contributed by atoms with Crippen LogP contribution < -0.4 is 11.4 Å². The molecule has 14 heavy (non-hydrogen) atoms. The van der Waals surface area contributed by atoms with Crippen LogP contribution in [0.5, 0.6) is 0 Å². The van der Waals surface area contributed by atoms with E-state index >= 15 is 0 Å². The Morgan fingerprint density at radius 2 is 1.93 bits per heavy atom. The Labute approximate surface area is 84.3 Å². The van der Waals surface area contributed by atoms with Crippen LogP contribution in [0.2, 0.25) is 0 Å². The molecule has 0 bridgehead atoms. The molecule has 1 atom stereocenters. The maximum absolute atomic E-state index is 11.1. The molecule has 0 aliphatic heterocycles. The van der Waals surface area contributed by atoms with Gasteiger partial charge in [-0.3, -0.25) is 0 Å². The van der Waals surface area contributed by atoms with Gasteiger partial charge in [-0.2, -0.15) is 11.8 Å². The van der Waals surface area contributed by atoms with E-state index in [1.165, 1.54) is 11.8 Å². The van der Waals surface area contributed by atoms with E-state index in [1.807, 2.05) is 6.26 Å². The quantitative estimate of drug-likeness (QED) is 0.604. The Kier molecular flexibility index (Phi) is 3.22. The van der Waals surface area contributed by atoms with Gasteiger partial charge in [0.05, 0.1) is 12.1 Å². The van der Waals surface area contributed by atoms with Crippen LogP contribution in [0.25, 0.3) is 0 Å². The van der Waals surface area contributed by atoms with Gasteiger partial charge in [-0.15, -0.1) is 0 Å². The van der Waals surface area contributed by atoms with Crippen molar-refractivity contribution in [3.05, 3.63) is 21.0 Å². The summed E-state index contributed by atoms with van der Waals surface area (Å²) in [7, 11) is 0. The molecule has 0 aliphatic rings. The van der Waals surface area contributed by atoms with Gasteiger partial charge in [-0.1, -0.05) is 0 Å². The first kappa shape index (κ1) is 11.1. The molecule has 0 fully saturated rings. The molecule has 1 heterocycles. The number of hydrogen-bond donors (Lipinski definition) is 3. The topological polar surface area (TPSA) is 90.9 Å². The number of hydrogen-bond acceptors (Lipinski definition) is 4. The van der Waals surface area contributed by atoms with Gasteiger partial charge in [0.25, 0.3) is 0 Å². The average molecular weight is 219 g/mol. The van der Waals surface area contributed by atoms with Crippen molar-refractivity contribution >= 4 is 11.8 Å². The fourth-order valence-electron chi connectivity index (χ4n) is 1.17. The van der Waals surface area contributed by atoms with Gasteiger partial charge in [-0.25, -0.2) is 24.4 Å². The molecule has 3 N–H and O–H groups in total. The Bertz CT molecular complexity index is 375. The van der Waals surface area contributed by atoms with Gasteiger partial charge in [-0.05, 0) is 13.2 Å². The first-order chi connectivity index (χ1) is 6.46. The van der Waals surface area contributed by atoms with Crippen LogP contribution in [0.4, 0.5) is 0 Å². The molecule has 0 saturated heterocycles. The SMILES string of the molecule is CSCC(C)(O)Cn1c(=O)[nH][nH]c1=O. The van der Waals surface area contributed by atoms with E-state index in [2.05, 4.69) is 10.2 Å². The van der Waals surface area contributed by atoms with Crippen molar-refractivity contribution in [2.24, 2.45) is 0 Å². The predicted molar refractivity (Wildman–Crippen MR) is 54.7 cm³/mol. The Morgan fingerprint density at radius 3 is 2.36 bits per heavy atom. The molecule has 7 heteroatoms. The van der Waals surface area contributed by atoms with Crippen LogP contribution >= 0.6 is 11.8 Å². The summed E-state index contributed by atoms with van der Waals surface area (Å²) in [6.07, 6.45) is 1.85. The number of aromatic nitrogens is 3. The second-order valence-electron chi connectivity index (χ2n) is 3.38. The third kappa shape index (κ3) is 2.52. The van der Waals surface area contributed by atoms with Crippen molar-refractivity contribution < 1.29 is 5.11 Å². The number of nitrogens with one attached hydrogen (secondary N) is 2. The minimum absolute atomic E-state index is 0.00843. The Balaban J connectivity index is 2.88. The van der Waals surface area contributed by atoms with Gasteiger partial charge in [0, 0.05) is 5.75 Å². The standard InChI is InChI=1S/C7H13N3O3S/c1-7(13,4-14-2)3-10-5(11)8-9-6(10)12/h13H,3-4H2,1-2H3,(H,8,11)(H,9,12). The summed E-state index contributed by atoms with van der Waals surface area (Å²) in [6.45, 7) is 1.58. The van der Waals surface area contributed by atoms with E-state index in [-0.39, 0.29) is 6.54 Å². The van der Waals surface area contributed by atoms with Crippen molar-refractivity contribution in [1.29, 1.82) is 0 Å². The largest absolute Gasteiger partial charge is 0.387 e. The lowest BCUT2D eigenvalue weighted by Gasteiger charge is -2.21. The molecular weight excluding hydrogens is 206 g/mol. The summed E-state index contributed by atoms with van der Waals surface area (Å²) in [6, 6.07) is 0. The summed E-state index contributed by atoms with van der Waals surface area (Å²) >= 11 is 1.45. The number of nitrogens with zero attached hydrogens (tertiary/aromatic N) is 1. The maximum atomic E-state index is 11.1. The summed E-state index contributed by atoms with van der Waals surface area (Å²) in [4.78, 5) is 22.2. The lowest BCUT2D eigenvalue weighted by atomic mass is 10.1. The second kappa shape index (κ2) is 4.05. The monoisotopic (exact) mass is 219 g/mol. The van der Waals surface area contributed by atoms with Gasteiger partial charge in [0.2, 0.25) is 0 Å². The molecule has 0 radical (unpaired) electrons. The van der Waals surface area contributed by atoms with E-state index in [9.17, 15) is 14.7 Å². The van der Waals surface area contributed by atoms with Crippen LogP contribution in [0, 0.1) is 0 Å². The molecule has 0 aliphatic carbocycles. The van der Waals surface area contributed by atoms with E-state index in [1.54, 1.807) is 6.92 Å². The number of aliphatic hydroxyl groups is 1. The molecule has 0 spiro atoms. The first-order valence-corrected chi connectivity index (χ1v) is 5.44. The van der Waals surface area contributed by atoms with Crippen molar-refractivity contribution in [1.82, 2.24) is 14.8 Å². The third-order valence-electron chi connectivity index (χ3n) is 1.72. The van der Waals surface area contributed by atoms with E-state index in [0.29, 0.717) is 5.75 Å². The van der Waals surface area contributed by atoms with Gasteiger partial charge >= 0.3 is 11.4 Å². The maximum Gasteiger partial charge on any atom is 0.344 e. The highest BCUT2D eigenvalue weighted by molar-refractivity contribution is 7.98. The van der Waals surface area contributed by atoms with Crippen molar-refractivity contribution in [3.63, 3.8) is 0 Å². The van der Waals surface area contributed by atoms with Gasteiger partial charge in [0.15, 0.2) is 0 Å². The van der Waals surface area contributed by atoms with Crippen molar-refractivity contribution in [2.75, 3.05) is 12.0 Å². The van der Waals surface area contributed by atoms with Gasteiger partial charge in [0.1, 0.15) is 0 Å². The Hall–Kier alpha value is -0.950. The van der Waals surface area contributed by atoms with Crippen LogP contribution in [-0.4, -0.2) is 37.5 Å². The lowest BCUT2D eigenvalue weighted by molar-refractivity contribution is 0.0645. The molecule has 80 valence electrons. The molecule has 6 nitrogen and oxygen atoms in total. The third-order valence-corrected chi connectivity index (χ3v) is 2.63. The summed E-state index contributed by atoms with van der Waals surface area (Å²) in [5.41, 5.74) is -2.12. The second-order valence-corrected chi connectivity index (χ2v) is 4.24. The minimum atomic E-state index is -1.06. The van der Waals surface area contributed by atoms with Crippen molar-refractivity contribution in [3.8, 4) is 0 Å². The molecule has 1 aromatic rings. The zero-order valence-corrected chi connectivity index (χ0v) is 8.85. The van der Waals surface area contributed by atoms with Crippen LogP contribution in [0.15, 0.2) is 9.59 Å². The normalized spacial score (nSPS) is 15.4. The van der Waals surface area contributed by atoms with Gasteiger partial charge < -0.3 is 5.11 Å². The first-order valence-electron chi connectivity index (χ1n) is 4.05. The van der Waals surface area contributed by atoms with Crippen molar-refractivity contribution in [2.45, 2.75) is 19.1 Å². The number of H-pyrrole nitrogens is 2. The molecular formula is C7H13N3O3S. The number of thioether (sulfide) groups is 1. The summed E-state index contributed by atoms with van der Waals surface area (Å²) in [5, 5.41) is 14.1. The predicted octanol–water partition coefficient (Wildman–Crippen LogP) is -1.02. The average Bonchev–Trinajstić information content (AvgIpc) is 2.35. The van der Waals surface area contributed by atoms with E-state index in [4.69, 9.17) is 0 Å². The van der Waals surface area contributed by atoms with Crippen LogP contribution in [-0.2, 0) is 6.54 Å². The fourth-order valence-corrected chi connectivity index (χ4v) is 1.89. The minimum Gasteiger partial charge on any atom is -0.387 e. The highest BCUT2D eigenvalue weighted by atomic mass is 32.2. The Morgan fingerprint density at radius 1 is 1.43 bits per heavy atom. The summed E-state index contributed by atoms with van der Waals surface area (Å²) < 4.78 is 0.941. The highest BCUT2D eigenvalue weighted by Gasteiger charge is 2.22. The highest BCUT2D eigenvalue weighted by Crippen LogP contribution is 2.11. The van der Waals surface area contributed by atoms with Crippen LogP contribution in [0.3, 0.4) is 0 Å². The molecule has 1 rings (SSSR count). The zero-order valence-electron chi connectivity index (χ0n) is 8.03. The molecule has 1 aromatic heterocycles. The van der Waals surface area contributed by atoms with Crippen LogP contribution in [0.1, 0.15) is 6.92 Å². The number of rotatable bonds is 4. The summed E-state index contributed by atoms with van der Waals surface area (Å²) in [5.74, 6) is 0.462. The molecule has 1 unspecified atom stereocenters. The van der Waals surface area contributed by atoms with E-state index < -0.39 is 17.0 Å². The molecule has 0 saturated carbocycles.